The van der Waals surface area contributed by atoms with E-state index in [9.17, 15) is 0 Å². The molecule has 20 heavy (non-hydrogen) atoms. The van der Waals surface area contributed by atoms with Gasteiger partial charge in [0.15, 0.2) is 10.6 Å². The summed E-state index contributed by atoms with van der Waals surface area (Å²) in [6.45, 7) is 2.39. The molecule has 0 saturated carbocycles. The Morgan fingerprint density at radius 2 is 2.35 bits per heavy atom. The van der Waals surface area contributed by atoms with Crippen LogP contribution >= 0.6 is 12.2 Å². The third kappa shape index (κ3) is 2.21. The molecule has 0 bridgehead atoms. The molecule has 3 aromatic rings. The summed E-state index contributed by atoms with van der Waals surface area (Å²) in [6, 6.07) is 7.58. The largest absolute Gasteiger partial charge is 0.340 e. The molecule has 0 radical (unpaired) electrons. The van der Waals surface area contributed by atoms with Crippen molar-refractivity contribution in [1.29, 1.82) is 5.26 Å². The lowest BCUT2D eigenvalue weighted by Crippen LogP contribution is -2.02. The normalized spacial score (nSPS) is 10.8. The van der Waals surface area contributed by atoms with Crippen molar-refractivity contribution in [2.24, 2.45) is 0 Å². The van der Waals surface area contributed by atoms with E-state index in [-0.39, 0.29) is 0 Å². The van der Waals surface area contributed by atoms with Crippen LogP contribution < -0.4 is 0 Å². The van der Waals surface area contributed by atoms with Crippen LogP contribution in [0.2, 0.25) is 0 Å². The van der Waals surface area contributed by atoms with E-state index in [1.807, 2.05) is 16.7 Å². The molecule has 0 atom stereocenters. The molecule has 2 aromatic heterocycles. The molecule has 0 saturated heterocycles. The van der Waals surface area contributed by atoms with Crippen LogP contribution in [0.3, 0.4) is 0 Å². The second-order valence-corrected chi connectivity index (χ2v) is 4.79. The lowest BCUT2D eigenvalue weighted by Gasteiger charge is -2.02. The zero-order valence-electron chi connectivity index (χ0n) is 10.8. The zero-order valence-corrected chi connectivity index (χ0v) is 11.6. The van der Waals surface area contributed by atoms with Crippen molar-refractivity contribution >= 4 is 23.3 Å². The number of fused-ring (bicyclic) bond motifs is 1. The van der Waals surface area contributed by atoms with Crippen LogP contribution in [0.15, 0.2) is 22.7 Å². The highest BCUT2D eigenvalue weighted by Gasteiger charge is 2.08. The molecule has 6 nitrogen and oxygen atoms in total. The number of imidazole rings is 1. The van der Waals surface area contributed by atoms with Gasteiger partial charge in [-0.15, -0.1) is 0 Å². The fraction of sp³-hybridized carbons (Fsp3) is 0.231. The van der Waals surface area contributed by atoms with Crippen LogP contribution in [0.4, 0.5) is 0 Å². The molecule has 2 heterocycles. The lowest BCUT2D eigenvalue weighted by molar-refractivity contribution is 0.386. The van der Waals surface area contributed by atoms with Gasteiger partial charge in [0, 0.05) is 19.9 Å². The standard InChI is InChI=1S/C13H11N5OS/c1-8-15-12(17-19-8)4-5-18-11-6-9(7-14)2-3-10(11)16-13(18)20/h2-3,6H,4-5H2,1H3,(H,16,20). The SMILES string of the molecule is Cc1nc(CCn2c(=S)[nH]c3ccc(C#N)cc32)no1. The predicted octanol–water partition coefficient (Wildman–Crippen LogP) is 2.50. The Kier molecular flexibility index (Phi) is 3.08. The first-order valence-electron chi connectivity index (χ1n) is 6.09. The molecule has 0 amide bonds. The summed E-state index contributed by atoms with van der Waals surface area (Å²) < 4.78 is 7.50. The highest BCUT2D eigenvalue weighted by Crippen LogP contribution is 2.16. The van der Waals surface area contributed by atoms with Crippen molar-refractivity contribution in [3.05, 3.63) is 40.2 Å². The van der Waals surface area contributed by atoms with E-state index in [1.54, 1.807) is 13.0 Å². The summed E-state index contributed by atoms with van der Waals surface area (Å²) in [6.07, 6.45) is 0.620. The van der Waals surface area contributed by atoms with Gasteiger partial charge in [0.25, 0.3) is 0 Å². The monoisotopic (exact) mass is 285 g/mol. The minimum Gasteiger partial charge on any atom is -0.340 e. The maximum absolute atomic E-state index is 8.98. The van der Waals surface area contributed by atoms with E-state index < -0.39 is 0 Å². The molecular weight excluding hydrogens is 274 g/mol. The average Bonchev–Trinajstić information content (AvgIpc) is 2.98. The third-order valence-electron chi connectivity index (χ3n) is 3.03. The molecule has 0 aliphatic heterocycles. The van der Waals surface area contributed by atoms with E-state index in [4.69, 9.17) is 22.0 Å². The number of nitriles is 1. The van der Waals surface area contributed by atoms with E-state index in [2.05, 4.69) is 21.2 Å². The Hall–Kier alpha value is -2.46. The van der Waals surface area contributed by atoms with Gasteiger partial charge in [0.1, 0.15) is 0 Å². The number of aromatic nitrogens is 4. The number of hydrogen-bond donors (Lipinski definition) is 1. The lowest BCUT2D eigenvalue weighted by atomic mass is 10.2. The molecule has 3 rings (SSSR count). The van der Waals surface area contributed by atoms with Crippen molar-refractivity contribution in [1.82, 2.24) is 19.7 Å². The average molecular weight is 285 g/mol. The van der Waals surface area contributed by atoms with Crippen LogP contribution in [0, 0.1) is 23.0 Å². The topological polar surface area (TPSA) is 83.4 Å². The fourth-order valence-corrected chi connectivity index (χ4v) is 2.40. The fourth-order valence-electron chi connectivity index (χ4n) is 2.10. The Morgan fingerprint density at radius 3 is 3.05 bits per heavy atom. The first-order chi connectivity index (χ1) is 9.67. The van der Waals surface area contributed by atoms with Gasteiger partial charge < -0.3 is 14.1 Å². The quantitative estimate of drug-likeness (QED) is 0.747. The van der Waals surface area contributed by atoms with Gasteiger partial charge in [-0.3, -0.25) is 0 Å². The van der Waals surface area contributed by atoms with Gasteiger partial charge in [0.05, 0.1) is 22.7 Å². The van der Waals surface area contributed by atoms with Gasteiger partial charge in [-0.1, -0.05) is 5.16 Å². The summed E-state index contributed by atoms with van der Waals surface area (Å²) in [4.78, 5) is 7.29. The number of H-pyrrole nitrogens is 1. The Morgan fingerprint density at radius 1 is 1.50 bits per heavy atom. The summed E-state index contributed by atoms with van der Waals surface area (Å²) in [5, 5.41) is 12.8. The number of benzene rings is 1. The van der Waals surface area contributed by atoms with Crippen LogP contribution in [0.5, 0.6) is 0 Å². The van der Waals surface area contributed by atoms with Crippen molar-refractivity contribution in [2.75, 3.05) is 0 Å². The molecule has 1 aromatic carbocycles. The molecule has 0 spiro atoms. The van der Waals surface area contributed by atoms with Gasteiger partial charge in [-0.25, -0.2) is 0 Å². The highest BCUT2D eigenvalue weighted by atomic mass is 32.1. The van der Waals surface area contributed by atoms with Gasteiger partial charge in [-0.05, 0) is 30.4 Å². The van der Waals surface area contributed by atoms with Crippen LogP contribution in [-0.4, -0.2) is 19.7 Å². The summed E-state index contributed by atoms with van der Waals surface area (Å²) in [5.74, 6) is 1.20. The van der Waals surface area contributed by atoms with Gasteiger partial charge in [-0.2, -0.15) is 10.2 Å². The van der Waals surface area contributed by atoms with Gasteiger partial charge >= 0.3 is 0 Å². The first kappa shape index (κ1) is 12.6. The molecule has 0 aliphatic rings. The van der Waals surface area contributed by atoms with Gasteiger partial charge in [0.2, 0.25) is 5.89 Å². The number of aryl methyl sites for hydroxylation is 3. The Balaban J connectivity index is 1.96. The third-order valence-corrected chi connectivity index (χ3v) is 3.36. The smallest absolute Gasteiger partial charge is 0.223 e. The van der Waals surface area contributed by atoms with E-state index >= 15 is 0 Å². The van der Waals surface area contributed by atoms with Crippen LogP contribution in [0.1, 0.15) is 17.3 Å². The molecular formula is C13H11N5OS. The molecule has 0 fully saturated rings. The second kappa shape index (κ2) is 4.90. The van der Waals surface area contributed by atoms with Crippen molar-refractivity contribution in [3.63, 3.8) is 0 Å². The van der Waals surface area contributed by atoms with E-state index in [1.165, 1.54) is 0 Å². The number of rotatable bonds is 3. The molecule has 7 heteroatoms. The summed E-state index contributed by atoms with van der Waals surface area (Å²) >= 11 is 5.31. The minimum absolute atomic E-state index is 0.550. The van der Waals surface area contributed by atoms with Crippen molar-refractivity contribution in [2.45, 2.75) is 19.9 Å². The summed E-state index contributed by atoms with van der Waals surface area (Å²) in [5.41, 5.74) is 2.43. The minimum atomic E-state index is 0.550. The first-order valence-corrected chi connectivity index (χ1v) is 6.50. The molecule has 100 valence electrons. The predicted molar refractivity (Wildman–Crippen MR) is 74.6 cm³/mol. The number of aromatic amines is 1. The number of nitrogens with zero attached hydrogens (tertiary/aromatic N) is 4. The number of nitrogens with one attached hydrogen (secondary N) is 1. The highest BCUT2D eigenvalue weighted by molar-refractivity contribution is 7.71. The molecule has 0 unspecified atom stereocenters. The van der Waals surface area contributed by atoms with Crippen LogP contribution in [-0.2, 0) is 13.0 Å². The maximum Gasteiger partial charge on any atom is 0.223 e. The van der Waals surface area contributed by atoms with E-state index in [0.29, 0.717) is 35.0 Å². The summed E-state index contributed by atoms with van der Waals surface area (Å²) in [7, 11) is 0. The molecule has 1 N–H and O–H groups in total. The van der Waals surface area contributed by atoms with Crippen LogP contribution in [0.25, 0.3) is 11.0 Å². The van der Waals surface area contributed by atoms with Crippen molar-refractivity contribution < 1.29 is 4.52 Å². The zero-order chi connectivity index (χ0) is 14.1. The Bertz CT molecular complexity index is 867. The maximum atomic E-state index is 8.98. The van der Waals surface area contributed by atoms with E-state index in [0.717, 1.165) is 11.0 Å². The molecule has 0 aliphatic carbocycles. The Labute approximate surface area is 119 Å². The number of hydrogen-bond acceptors (Lipinski definition) is 5. The second-order valence-electron chi connectivity index (χ2n) is 4.41. The van der Waals surface area contributed by atoms with Crippen molar-refractivity contribution in [3.8, 4) is 6.07 Å².